The lowest BCUT2D eigenvalue weighted by Gasteiger charge is -2.40. The first kappa shape index (κ1) is 13.0. The average Bonchev–Trinajstić information content (AvgIpc) is 2.10. The number of hydrogen-bond donors (Lipinski definition) is 1. The standard InChI is InChI=1S/C13H27NO/c1-5-14-12(11-8-7-9-11)13(10(3)4)15-6-2/h10-14H,5-9H2,1-4H3. The van der Waals surface area contributed by atoms with Crippen molar-refractivity contribution in [3.63, 3.8) is 0 Å². The molecule has 0 bridgehead atoms. The Balaban J connectivity index is 2.55. The molecule has 2 atom stereocenters. The van der Waals surface area contributed by atoms with E-state index in [0.29, 0.717) is 18.1 Å². The summed E-state index contributed by atoms with van der Waals surface area (Å²) < 4.78 is 5.91. The van der Waals surface area contributed by atoms with Crippen LogP contribution in [0.2, 0.25) is 0 Å². The Morgan fingerprint density at radius 1 is 1.27 bits per heavy atom. The van der Waals surface area contributed by atoms with Crippen LogP contribution in [0.5, 0.6) is 0 Å². The molecule has 1 rings (SSSR count). The van der Waals surface area contributed by atoms with Gasteiger partial charge >= 0.3 is 0 Å². The van der Waals surface area contributed by atoms with Crippen molar-refractivity contribution in [2.45, 2.75) is 59.1 Å². The fourth-order valence-electron chi connectivity index (χ4n) is 2.49. The smallest absolute Gasteiger partial charge is 0.0753 e. The van der Waals surface area contributed by atoms with Crippen molar-refractivity contribution in [3.05, 3.63) is 0 Å². The monoisotopic (exact) mass is 213 g/mol. The van der Waals surface area contributed by atoms with Gasteiger partial charge in [-0.15, -0.1) is 0 Å². The molecule has 2 unspecified atom stereocenters. The number of nitrogens with one attached hydrogen (secondary N) is 1. The first-order valence-corrected chi connectivity index (χ1v) is 6.55. The van der Waals surface area contributed by atoms with Crippen LogP contribution >= 0.6 is 0 Å². The number of hydrogen-bond acceptors (Lipinski definition) is 2. The third-order valence-electron chi connectivity index (χ3n) is 3.47. The minimum absolute atomic E-state index is 0.389. The van der Waals surface area contributed by atoms with Gasteiger partial charge in [0.15, 0.2) is 0 Å². The Hall–Kier alpha value is -0.0800. The van der Waals surface area contributed by atoms with E-state index >= 15 is 0 Å². The first-order chi connectivity index (χ1) is 7.20. The van der Waals surface area contributed by atoms with Crippen molar-refractivity contribution in [2.75, 3.05) is 13.2 Å². The molecule has 0 amide bonds. The summed E-state index contributed by atoms with van der Waals surface area (Å²) in [5, 5.41) is 3.63. The summed E-state index contributed by atoms with van der Waals surface area (Å²) >= 11 is 0. The highest BCUT2D eigenvalue weighted by atomic mass is 16.5. The van der Waals surface area contributed by atoms with Crippen LogP contribution in [-0.2, 0) is 4.74 Å². The van der Waals surface area contributed by atoms with E-state index in [2.05, 4.69) is 33.0 Å². The Bertz CT molecular complexity index is 166. The molecule has 0 radical (unpaired) electrons. The van der Waals surface area contributed by atoms with Crippen LogP contribution in [-0.4, -0.2) is 25.3 Å². The van der Waals surface area contributed by atoms with E-state index < -0.39 is 0 Å². The van der Waals surface area contributed by atoms with E-state index in [9.17, 15) is 0 Å². The summed E-state index contributed by atoms with van der Waals surface area (Å²) in [5.41, 5.74) is 0. The Morgan fingerprint density at radius 2 is 1.93 bits per heavy atom. The lowest BCUT2D eigenvalue weighted by Crippen LogP contribution is -2.50. The molecule has 0 aliphatic heterocycles. The second kappa shape index (κ2) is 6.49. The van der Waals surface area contributed by atoms with Gasteiger partial charge in [0.05, 0.1) is 6.10 Å². The van der Waals surface area contributed by atoms with Crippen LogP contribution in [0.25, 0.3) is 0 Å². The summed E-state index contributed by atoms with van der Waals surface area (Å²) in [7, 11) is 0. The number of rotatable bonds is 7. The topological polar surface area (TPSA) is 21.3 Å². The van der Waals surface area contributed by atoms with E-state index in [4.69, 9.17) is 4.74 Å². The summed E-state index contributed by atoms with van der Waals surface area (Å²) in [6.45, 7) is 10.7. The number of ether oxygens (including phenoxy) is 1. The van der Waals surface area contributed by atoms with Crippen LogP contribution in [0.3, 0.4) is 0 Å². The summed E-state index contributed by atoms with van der Waals surface area (Å²) in [5.74, 6) is 1.46. The van der Waals surface area contributed by atoms with Crippen LogP contribution < -0.4 is 5.32 Å². The molecule has 90 valence electrons. The zero-order valence-corrected chi connectivity index (χ0v) is 10.8. The third kappa shape index (κ3) is 3.46. The van der Waals surface area contributed by atoms with Crippen LogP contribution in [0, 0.1) is 11.8 Å². The molecule has 1 aliphatic rings. The van der Waals surface area contributed by atoms with Gasteiger partial charge in [-0.05, 0) is 38.1 Å². The molecule has 2 nitrogen and oxygen atoms in total. The van der Waals surface area contributed by atoms with Gasteiger partial charge in [-0.3, -0.25) is 0 Å². The zero-order chi connectivity index (χ0) is 11.3. The van der Waals surface area contributed by atoms with Crippen molar-refractivity contribution in [1.29, 1.82) is 0 Å². The highest BCUT2D eigenvalue weighted by Crippen LogP contribution is 2.33. The molecule has 0 saturated heterocycles. The molecule has 1 fully saturated rings. The average molecular weight is 213 g/mol. The van der Waals surface area contributed by atoms with Crippen LogP contribution in [0.1, 0.15) is 47.0 Å². The van der Waals surface area contributed by atoms with E-state index in [0.717, 1.165) is 19.1 Å². The Morgan fingerprint density at radius 3 is 2.27 bits per heavy atom. The fraction of sp³-hybridized carbons (Fsp3) is 1.00. The molecular weight excluding hydrogens is 186 g/mol. The molecule has 0 spiro atoms. The highest BCUT2D eigenvalue weighted by molar-refractivity contribution is 4.89. The molecule has 1 N–H and O–H groups in total. The van der Waals surface area contributed by atoms with Gasteiger partial charge in [0.2, 0.25) is 0 Å². The van der Waals surface area contributed by atoms with Crippen molar-refractivity contribution < 1.29 is 4.74 Å². The fourth-order valence-corrected chi connectivity index (χ4v) is 2.49. The normalized spacial score (nSPS) is 21.4. The van der Waals surface area contributed by atoms with Crippen LogP contribution in [0.4, 0.5) is 0 Å². The largest absolute Gasteiger partial charge is 0.377 e. The second-order valence-corrected chi connectivity index (χ2v) is 4.94. The summed E-state index contributed by atoms with van der Waals surface area (Å²) in [4.78, 5) is 0. The second-order valence-electron chi connectivity index (χ2n) is 4.94. The molecule has 1 saturated carbocycles. The van der Waals surface area contributed by atoms with Gasteiger partial charge in [-0.2, -0.15) is 0 Å². The van der Waals surface area contributed by atoms with Crippen molar-refractivity contribution in [1.82, 2.24) is 5.32 Å². The highest BCUT2D eigenvalue weighted by Gasteiger charge is 2.34. The molecule has 0 aromatic heterocycles. The molecule has 0 aromatic rings. The van der Waals surface area contributed by atoms with Crippen molar-refractivity contribution in [3.8, 4) is 0 Å². The van der Waals surface area contributed by atoms with Crippen molar-refractivity contribution in [2.24, 2.45) is 11.8 Å². The Labute approximate surface area is 94.8 Å². The van der Waals surface area contributed by atoms with Gasteiger partial charge < -0.3 is 10.1 Å². The summed E-state index contributed by atoms with van der Waals surface area (Å²) in [6.07, 6.45) is 4.56. The van der Waals surface area contributed by atoms with Gasteiger partial charge in [0, 0.05) is 12.6 Å². The Kier molecular flexibility index (Phi) is 5.62. The number of likely N-dealkylation sites (N-methyl/N-ethyl adjacent to an activating group) is 1. The lowest BCUT2D eigenvalue weighted by atomic mass is 9.75. The maximum absolute atomic E-state index is 5.91. The van der Waals surface area contributed by atoms with Gasteiger partial charge in [0.1, 0.15) is 0 Å². The van der Waals surface area contributed by atoms with E-state index in [1.165, 1.54) is 19.3 Å². The molecule has 15 heavy (non-hydrogen) atoms. The quantitative estimate of drug-likeness (QED) is 0.702. The van der Waals surface area contributed by atoms with Crippen molar-refractivity contribution >= 4 is 0 Å². The third-order valence-corrected chi connectivity index (χ3v) is 3.47. The molecule has 0 aromatic carbocycles. The molecule has 0 heterocycles. The maximum Gasteiger partial charge on any atom is 0.0753 e. The molecule has 1 aliphatic carbocycles. The first-order valence-electron chi connectivity index (χ1n) is 6.55. The minimum atomic E-state index is 0.389. The zero-order valence-electron chi connectivity index (χ0n) is 10.8. The van der Waals surface area contributed by atoms with E-state index in [1.807, 2.05) is 0 Å². The van der Waals surface area contributed by atoms with Gasteiger partial charge in [-0.1, -0.05) is 27.2 Å². The minimum Gasteiger partial charge on any atom is -0.377 e. The lowest BCUT2D eigenvalue weighted by molar-refractivity contribution is -0.0226. The van der Waals surface area contributed by atoms with Gasteiger partial charge in [0.25, 0.3) is 0 Å². The molecule has 2 heteroatoms. The SMILES string of the molecule is CCNC(C1CCC1)C(OCC)C(C)C. The van der Waals surface area contributed by atoms with E-state index in [1.54, 1.807) is 0 Å². The van der Waals surface area contributed by atoms with Gasteiger partial charge in [-0.25, -0.2) is 0 Å². The van der Waals surface area contributed by atoms with E-state index in [-0.39, 0.29) is 0 Å². The predicted molar refractivity (Wildman–Crippen MR) is 65.1 cm³/mol. The summed E-state index contributed by atoms with van der Waals surface area (Å²) in [6, 6.07) is 0.573. The maximum atomic E-state index is 5.91. The predicted octanol–water partition coefficient (Wildman–Crippen LogP) is 2.83. The molecular formula is C13H27NO. The van der Waals surface area contributed by atoms with Crippen LogP contribution in [0.15, 0.2) is 0 Å².